The third-order valence-electron chi connectivity index (χ3n) is 8.87. The van der Waals surface area contributed by atoms with E-state index in [1.54, 1.807) is 6.92 Å². The van der Waals surface area contributed by atoms with Crippen molar-refractivity contribution in [1.29, 1.82) is 0 Å². The minimum atomic E-state index is -1.21. The van der Waals surface area contributed by atoms with Crippen LogP contribution in [0.25, 0.3) is 0 Å². The monoisotopic (exact) mass is 348 g/mol. The van der Waals surface area contributed by atoms with E-state index in [0.717, 1.165) is 18.8 Å². The number of hydrogen-bond donors (Lipinski definition) is 1. The third-order valence-corrected chi connectivity index (χ3v) is 8.87. The summed E-state index contributed by atoms with van der Waals surface area (Å²) in [5.74, 6) is 1.47. The van der Waals surface area contributed by atoms with E-state index < -0.39 is 5.60 Å². The van der Waals surface area contributed by atoms with Crippen LogP contribution in [0.5, 0.6) is 0 Å². The van der Waals surface area contributed by atoms with Crippen LogP contribution in [0.4, 0.5) is 0 Å². The van der Waals surface area contributed by atoms with Gasteiger partial charge in [0.05, 0.1) is 11.7 Å². The van der Waals surface area contributed by atoms with E-state index in [-0.39, 0.29) is 28.6 Å². The van der Waals surface area contributed by atoms with Gasteiger partial charge in [0.25, 0.3) is 0 Å². The lowest BCUT2D eigenvalue weighted by molar-refractivity contribution is -0.171. The van der Waals surface area contributed by atoms with Gasteiger partial charge in [-0.2, -0.15) is 0 Å². The molecule has 142 valence electrons. The quantitative estimate of drug-likeness (QED) is 0.662. The minimum Gasteiger partial charge on any atom is -0.382 e. The fraction of sp³-hybridized carbons (Fsp3) is 0.955. The maximum Gasteiger partial charge on any atom is 0.164 e. The number of hydrogen-bond acceptors (Lipinski definition) is 3. The zero-order chi connectivity index (χ0) is 18.4. The third kappa shape index (κ3) is 2.64. The molecule has 8 atom stereocenters. The van der Waals surface area contributed by atoms with Gasteiger partial charge in [-0.25, -0.2) is 0 Å². The predicted octanol–water partition coefficient (Wildman–Crippen LogP) is 4.36. The molecule has 0 aromatic rings. The highest BCUT2D eigenvalue weighted by Gasteiger charge is 2.63. The maximum absolute atomic E-state index is 12.9. The van der Waals surface area contributed by atoms with Crippen LogP contribution in [-0.2, 0) is 9.53 Å². The molecule has 7 unspecified atom stereocenters. The number of ketones is 1. The number of carbonyl (C=O) groups is 1. The SMILES string of the molecule is C[C@H]1CC2(C)OC2CCC2(C)CC2CC2CC(=O)C(C)(O)C1C2(C)C. The highest BCUT2D eigenvalue weighted by Crippen LogP contribution is 2.64. The molecule has 1 saturated heterocycles. The molecule has 4 aliphatic rings. The Morgan fingerprint density at radius 3 is 2.44 bits per heavy atom. The minimum absolute atomic E-state index is 0.00245. The molecule has 2 bridgehead atoms. The molecule has 0 aromatic carbocycles. The molecule has 0 spiro atoms. The molecule has 1 aliphatic heterocycles. The van der Waals surface area contributed by atoms with Crippen LogP contribution in [0.2, 0.25) is 0 Å². The average molecular weight is 349 g/mol. The molecular weight excluding hydrogens is 312 g/mol. The first kappa shape index (κ1) is 18.0. The molecule has 0 radical (unpaired) electrons. The molecule has 1 N–H and O–H groups in total. The lowest BCUT2D eigenvalue weighted by Gasteiger charge is -2.54. The highest BCUT2D eigenvalue weighted by molar-refractivity contribution is 5.88. The van der Waals surface area contributed by atoms with Crippen molar-refractivity contribution in [3.63, 3.8) is 0 Å². The number of epoxide rings is 1. The van der Waals surface area contributed by atoms with E-state index in [9.17, 15) is 9.90 Å². The van der Waals surface area contributed by atoms with Crippen LogP contribution in [0.3, 0.4) is 0 Å². The Hall–Kier alpha value is -0.410. The summed E-state index contributed by atoms with van der Waals surface area (Å²) >= 11 is 0. The molecular formula is C22H36O3. The first-order valence-corrected chi connectivity index (χ1v) is 10.3. The van der Waals surface area contributed by atoms with Crippen LogP contribution >= 0.6 is 0 Å². The Labute approximate surface area is 152 Å². The van der Waals surface area contributed by atoms with Crippen molar-refractivity contribution in [1.82, 2.24) is 0 Å². The molecule has 25 heavy (non-hydrogen) atoms. The Morgan fingerprint density at radius 2 is 1.76 bits per heavy atom. The van der Waals surface area contributed by atoms with Crippen molar-refractivity contribution in [2.75, 3.05) is 0 Å². The van der Waals surface area contributed by atoms with Crippen LogP contribution in [0.15, 0.2) is 0 Å². The summed E-state index contributed by atoms with van der Waals surface area (Å²) in [7, 11) is 0. The van der Waals surface area contributed by atoms with Gasteiger partial charge >= 0.3 is 0 Å². The number of fused-ring (bicyclic) bond motifs is 4. The van der Waals surface area contributed by atoms with Crippen LogP contribution in [0.1, 0.15) is 80.1 Å². The van der Waals surface area contributed by atoms with E-state index in [0.29, 0.717) is 23.9 Å². The summed E-state index contributed by atoms with van der Waals surface area (Å²) in [6.45, 7) is 13.3. The van der Waals surface area contributed by atoms with Gasteiger partial charge in [0.2, 0.25) is 0 Å². The largest absolute Gasteiger partial charge is 0.382 e. The van der Waals surface area contributed by atoms with E-state index in [4.69, 9.17) is 4.74 Å². The second kappa shape index (κ2) is 5.10. The fourth-order valence-electron chi connectivity index (χ4n) is 7.09. The second-order valence-corrected chi connectivity index (χ2v) is 11.2. The van der Waals surface area contributed by atoms with E-state index in [1.165, 1.54) is 19.3 Å². The molecule has 0 aromatic heterocycles. The summed E-state index contributed by atoms with van der Waals surface area (Å²) in [4.78, 5) is 12.9. The van der Waals surface area contributed by atoms with Gasteiger partial charge in [-0.3, -0.25) is 4.79 Å². The summed E-state index contributed by atoms with van der Waals surface area (Å²) in [6, 6.07) is 0. The van der Waals surface area contributed by atoms with Crippen molar-refractivity contribution < 1.29 is 14.6 Å². The molecule has 3 heteroatoms. The standard InChI is InChI=1S/C22H36O3/c1-13-11-21(5)17(25-21)7-8-20(4)12-15(20)9-14-10-16(23)22(6,24)18(13)19(14,2)3/h13-15,17-18,24H,7-12H2,1-6H3/t13-,14?,15?,17?,18?,20?,21?,22?/m0/s1. The normalized spacial score (nSPS) is 57.6. The van der Waals surface area contributed by atoms with Crippen molar-refractivity contribution >= 4 is 5.78 Å². The number of rotatable bonds is 0. The Morgan fingerprint density at radius 1 is 1.08 bits per heavy atom. The number of ether oxygens (including phenoxy) is 1. The zero-order valence-electron chi connectivity index (χ0n) is 16.9. The second-order valence-electron chi connectivity index (χ2n) is 11.2. The Kier molecular flexibility index (Phi) is 3.67. The van der Waals surface area contributed by atoms with Gasteiger partial charge in [0.1, 0.15) is 5.60 Å². The van der Waals surface area contributed by atoms with Gasteiger partial charge in [0, 0.05) is 12.3 Å². The Bertz CT molecular complexity index is 594. The lowest BCUT2D eigenvalue weighted by atomic mass is 9.51. The summed E-state index contributed by atoms with van der Waals surface area (Å²) in [6.07, 6.45) is 6.74. The fourth-order valence-corrected chi connectivity index (χ4v) is 7.09. The molecule has 3 saturated carbocycles. The molecule has 1 heterocycles. The summed E-state index contributed by atoms with van der Waals surface area (Å²) in [5, 5.41) is 11.2. The molecule has 4 fully saturated rings. The van der Waals surface area contributed by atoms with Gasteiger partial charge in [0.15, 0.2) is 5.78 Å². The van der Waals surface area contributed by atoms with Gasteiger partial charge < -0.3 is 9.84 Å². The lowest BCUT2D eigenvalue weighted by Crippen LogP contribution is -2.59. The molecule has 4 rings (SSSR count). The average Bonchev–Trinajstić information content (AvgIpc) is 3.30. The van der Waals surface area contributed by atoms with Gasteiger partial charge in [-0.1, -0.05) is 27.7 Å². The molecule has 3 aliphatic carbocycles. The van der Waals surface area contributed by atoms with Crippen molar-refractivity contribution in [3.05, 3.63) is 0 Å². The summed E-state index contributed by atoms with van der Waals surface area (Å²) in [5.41, 5.74) is -0.842. The maximum atomic E-state index is 12.9. The zero-order valence-corrected chi connectivity index (χ0v) is 16.9. The van der Waals surface area contributed by atoms with Crippen LogP contribution in [0, 0.1) is 34.5 Å². The smallest absolute Gasteiger partial charge is 0.164 e. The first-order chi connectivity index (χ1) is 11.4. The number of carbonyl (C=O) groups excluding carboxylic acids is 1. The van der Waals surface area contributed by atoms with E-state index >= 15 is 0 Å². The topological polar surface area (TPSA) is 49.8 Å². The number of Topliss-reactive ketones (excluding diaryl/α,β-unsaturated/α-hetero) is 1. The molecule has 0 amide bonds. The Balaban J connectivity index is 1.71. The highest BCUT2D eigenvalue weighted by atomic mass is 16.6. The predicted molar refractivity (Wildman–Crippen MR) is 98.1 cm³/mol. The molecule has 3 nitrogen and oxygen atoms in total. The van der Waals surface area contributed by atoms with Gasteiger partial charge in [-0.15, -0.1) is 0 Å². The van der Waals surface area contributed by atoms with Gasteiger partial charge in [-0.05, 0) is 74.5 Å². The number of aliphatic hydroxyl groups is 1. The van der Waals surface area contributed by atoms with Crippen molar-refractivity contribution in [2.24, 2.45) is 34.5 Å². The van der Waals surface area contributed by atoms with Crippen molar-refractivity contribution in [3.8, 4) is 0 Å². The van der Waals surface area contributed by atoms with Crippen LogP contribution in [-0.4, -0.2) is 28.2 Å². The van der Waals surface area contributed by atoms with Crippen molar-refractivity contribution in [2.45, 2.75) is 97.4 Å². The summed E-state index contributed by atoms with van der Waals surface area (Å²) < 4.78 is 6.13. The van der Waals surface area contributed by atoms with E-state index in [1.807, 2.05) is 0 Å². The first-order valence-electron chi connectivity index (χ1n) is 10.3. The van der Waals surface area contributed by atoms with Crippen LogP contribution < -0.4 is 0 Å². The van der Waals surface area contributed by atoms with E-state index in [2.05, 4.69) is 34.6 Å².